The Morgan fingerprint density at radius 1 is 1.00 bits per heavy atom. The topological polar surface area (TPSA) is 58.2 Å². The third-order valence-corrected chi connectivity index (χ3v) is 4.95. The summed E-state index contributed by atoms with van der Waals surface area (Å²) in [7, 11) is -3.09. The van der Waals surface area contributed by atoms with Gasteiger partial charge in [0.25, 0.3) is 0 Å². The van der Waals surface area contributed by atoms with Crippen LogP contribution in [0.1, 0.15) is 63.6 Å². The normalized spacial score (nSPS) is 14.9. The van der Waals surface area contributed by atoms with E-state index in [2.05, 4.69) is 62.0 Å². The van der Waals surface area contributed by atoms with Crippen molar-refractivity contribution in [2.24, 2.45) is 5.92 Å². The highest BCUT2D eigenvalue weighted by Gasteiger charge is 2.15. The zero-order valence-electron chi connectivity index (χ0n) is 15.1. The molecule has 1 rings (SSSR count). The fraction of sp³-hybridized carbons (Fsp3) is 0.667. The summed E-state index contributed by atoms with van der Waals surface area (Å²) in [6.45, 7) is 10.1. The minimum Gasteiger partial charge on any atom is -0.310 e. The lowest BCUT2D eigenvalue weighted by Crippen LogP contribution is -2.30. The molecule has 4 nitrogen and oxygen atoms in total. The highest BCUT2D eigenvalue weighted by Crippen LogP contribution is 2.25. The first-order valence-corrected chi connectivity index (χ1v) is 10.4. The number of nitrogens with one attached hydrogen (secondary N) is 2. The summed E-state index contributed by atoms with van der Waals surface area (Å²) in [5.41, 5.74) is 2.68. The van der Waals surface area contributed by atoms with Crippen LogP contribution in [-0.4, -0.2) is 27.8 Å². The monoisotopic (exact) mass is 340 g/mol. The summed E-state index contributed by atoms with van der Waals surface area (Å²) in [4.78, 5) is 0. The Labute approximate surface area is 142 Å². The van der Waals surface area contributed by atoms with Crippen LogP contribution in [0.4, 0.5) is 0 Å². The Morgan fingerprint density at radius 3 is 2.04 bits per heavy atom. The van der Waals surface area contributed by atoms with Crippen LogP contribution in [0.15, 0.2) is 24.3 Å². The predicted molar refractivity (Wildman–Crippen MR) is 98.2 cm³/mol. The summed E-state index contributed by atoms with van der Waals surface area (Å²) in [6, 6.07) is 9.18. The molecule has 2 unspecified atom stereocenters. The van der Waals surface area contributed by atoms with Gasteiger partial charge in [-0.25, -0.2) is 13.1 Å². The van der Waals surface area contributed by atoms with Crippen molar-refractivity contribution in [1.29, 1.82) is 0 Å². The van der Waals surface area contributed by atoms with E-state index in [-0.39, 0.29) is 0 Å². The average Bonchev–Trinajstić information content (AvgIpc) is 2.49. The molecule has 0 saturated heterocycles. The largest absolute Gasteiger partial charge is 0.310 e. The summed E-state index contributed by atoms with van der Waals surface area (Å²) in [5, 5.41) is 3.55. The van der Waals surface area contributed by atoms with Gasteiger partial charge >= 0.3 is 0 Å². The minimum absolute atomic E-state index is 0.291. The van der Waals surface area contributed by atoms with Crippen LogP contribution < -0.4 is 10.0 Å². The minimum atomic E-state index is -3.09. The van der Waals surface area contributed by atoms with Crippen molar-refractivity contribution in [3.05, 3.63) is 35.4 Å². The first-order valence-electron chi connectivity index (χ1n) is 8.52. The number of benzene rings is 1. The van der Waals surface area contributed by atoms with E-state index >= 15 is 0 Å². The molecule has 0 aromatic heterocycles. The molecule has 0 saturated carbocycles. The molecule has 0 heterocycles. The number of sulfonamides is 1. The fourth-order valence-corrected chi connectivity index (χ4v) is 3.12. The van der Waals surface area contributed by atoms with Crippen LogP contribution in [0, 0.1) is 5.92 Å². The van der Waals surface area contributed by atoms with Crippen molar-refractivity contribution >= 4 is 10.0 Å². The quantitative estimate of drug-likeness (QED) is 0.642. The highest BCUT2D eigenvalue weighted by atomic mass is 32.2. The second kappa shape index (κ2) is 9.40. The molecule has 1 aromatic rings. The van der Waals surface area contributed by atoms with Crippen molar-refractivity contribution in [1.82, 2.24) is 10.0 Å². The van der Waals surface area contributed by atoms with Gasteiger partial charge in [-0.3, -0.25) is 0 Å². The van der Waals surface area contributed by atoms with Gasteiger partial charge in [0.15, 0.2) is 0 Å². The van der Waals surface area contributed by atoms with Crippen molar-refractivity contribution in [3.63, 3.8) is 0 Å². The van der Waals surface area contributed by atoms with Crippen LogP contribution in [0.3, 0.4) is 0 Å². The molecular formula is C18H32N2O2S. The Balaban J connectivity index is 2.57. The molecule has 23 heavy (non-hydrogen) atoms. The maximum atomic E-state index is 11.0. The lowest BCUT2D eigenvalue weighted by molar-refractivity contribution is 0.409. The van der Waals surface area contributed by atoms with Gasteiger partial charge in [0.2, 0.25) is 10.0 Å². The zero-order valence-corrected chi connectivity index (χ0v) is 15.9. The summed E-state index contributed by atoms with van der Waals surface area (Å²) in [5.74, 6) is 1.07. The Hall–Kier alpha value is -0.910. The second-order valence-electron chi connectivity index (χ2n) is 6.67. The maximum absolute atomic E-state index is 11.0. The number of hydrogen-bond donors (Lipinski definition) is 2. The molecule has 0 spiro atoms. The molecule has 0 bridgehead atoms. The molecule has 5 heteroatoms. The van der Waals surface area contributed by atoms with E-state index < -0.39 is 10.0 Å². The van der Waals surface area contributed by atoms with Crippen LogP contribution in [-0.2, 0) is 10.0 Å². The second-order valence-corrected chi connectivity index (χ2v) is 8.50. The van der Waals surface area contributed by atoms with E-state index in [4.69, 9.17) is 0 Å². The van der Waals surface area contributed by atoms with Gasteiger partial charge in [-0.05, 0) is 42.3 Å². The van der Waals surface area contributed by atoms with Gasteiger partial charge < -0.3 is 5.32 Å². The molecule has 2 N–H and O–H groups in total. The van der Waals surface area contributed by atoms with Gasteiger partial charge in [-0.2, -0.15) is 0 Å². The van der Waals surface area contributed by atoms with E-state index in [1.54, 1.807) is 0 Å². The van der Waals surface area contributed by atoms with E-state index in [0.29, 0.717) is 24.4 Å². The first kappa shape index (κ1) is 20.1. The number of hydrogen-bond acceptors (Lipinski definition) is 3. The van der Waals surface area contributed by atoms with E-state index in [1.165, 1.54) is 17.4 Å². The zero-order chi connectivity index (χ0) is 17.5. The molecule has 0 aliphatic heterocycles. The summed E-state index contributed by atoms with van der Waals surface area (Å²) < 4.78 is 24.6. The van der Waals surface area contributed by atoms with Crippen molar-refractivity contribution in [3.8, 4) is 0 Å². The SMILES string of the molecule is CCC(C)c1ccc(C(NCCCNS(C)(=O)=O)C(C)C)cc1. The molecule has 0 fully saturated rings. The Bertz CT molecular complexity index is 553. The molecular weight excluding hydrogens is 308 g/mol. The molecule has 0 aliphatic carbocycles. The van der Waals surface area contributed by atoms with Crippen LogP contribution in [0.5, 0.6) is 0 Å². The molecule has 0 aliphatic rings. The lowest BCUT2D eigenvalue weighted by atomic mass is 9.92. The van der Waals surface area contributed by atoms with Crippen LogP contribution in [0.25, 0.3) is 0 Å². The van der Waals surface area contributed by atoms with Crippen molar-refractivity contribution in [2.75, 3.05) is 19.3 Å². The van der Waals surface area contributed by atoms with Gasteiger partial charge in [0, 0.05) is 12.6 Å². The average molecular weight is 341 g/mol. The molecule has 132 valence electrons. The first-order chi connectivity index (χ1) is 10.7. The predicted octanol–water partition coefficient (Wildman–Crippen LogP) is 3.43. The van der Waals surface area contributed by atoms with Crippen LogP contribution >= 0.6 is 0 Å². The maximum Gasteiger partial charge on any atom is 0.208 e. The highest BCUT2D eigenvalue weighted by molar-refractivity contribution is 7.88. The van der Waals surface area contributed by atoms with Crippen LogP contribution in [0.2, 0.25) is 0 Å². The van der Waals surface area contributed by atoms with Gasteiger partial charge in [0.05, 0.1) is 6.26 Å². The van der Waals surface area contributed by atoms with Gasteiger partial charge in [-0.15, -0.1) is 0 Å². The van der Waals surface area contributed by atoms with Crippen molar-refractivity contribution < 1.29 is 8.42 Å². The van der Waals surface area contributed by atoms with E-state index in [9.17, 15) is 8.42 Å². The molecule has 0 radical (unpaired) electrons. The van der Waals surface area contributed by atoms with Gasteiger partial charge in [0.1, 0.15) is 0 Å². The van der Waals surface area contributed by atoms with Crippen molar-refractivity contribution in [2.45, 2.75) is 52.5 Å². The molecule has 1 aromatic carbocycles. The smallest absolute Gasteiger partial charge is 0.208 e. The molecule has 2 atom stereocenters. The Morgan fingerprint density at radius 2 is 1.57 bits per heavy atom. The standard InChI is InChI=1S/C18H32N2O2S/c1-6-15(4)16-8-10-17(11-9-16)18(14(2)3)19-12-7-13-20-23(5,21)22/h8-11,14-15,18-20H,6-7,12-13H2,1-5H3. The summed E-state index contributed by atoms with van der Waals surface area (Å²) >= 11 is 0. The number of rotatable bonds is 10. The molecule has 0 amide bonds. The third-order valence-electron chi connectivity index (χ3n) is 4.23. The lowest BCUT2D eigenvalue weighted by Gasteiger charge is -2.24. The Kier molecular flexibility index (Phi) is 8.23. The van der Waals surface area contributed by atoms with E-state index in [0.717, 1.165) is 19.4 Å². The summed E-state index contributed by atoms with van der Waals surface area (Å²) in [6.07, 6.45) is 3.12. The van der Waals surface area contributed by atoms with Gasteiger partial charge in [-0.1, -0.05) is 52.0 Å². The third kappa shape index (κ3) is 7.46. The van der Waals surface area contributed by atoms with E-state index in [1.807, 2.05) is 0 Å². The fourth-order valence-electron chi connectivity index (χ4n) is 2.61.